The molecular weight excluding hydrogens is 221 g/mol. The Morgan fingerprint density at radius 3 is 3.00 bits per heavy atom. The Balaban J connectivity index is 2.53. The number of thioether (sulfide) groups is 1. The van der Waals surface area contributed by atoms with Gasteiger partial charge in [-0.25, -0.2) is 4.39 Å². The summed E-state index contributed by atoms with van der Waals surface area (Å²) in [5.41, 5.74) is 7.55. The molecule has 0 radical (unpaired) electrons. The summed E-state index contributed by atoms with van der Waals surface area (Å²) in [6, 6.07) is 3.33. The highest BCUT2D eigenvalue weighted by atomic mass is 35.5. The highest BCUT2D eigenvalue weighted by molar-refractivity contribution is 7.99. The van der Waals surface area contributed by atoms with Gasteiger partial charge in [0.2, 0.25) is 0 Å². The third-order valence-corrected chi connectivity index (χ3v) is 4.15. The van der Waals surface area contributed by atoms with E-state index >= 15 is 0 Å². The van der Waals surface area contributed by atoms with Crippen LogP contribution in [-0.4, -0.2) is 5.25 Å². The maximum atomic E-state index is 13.6. The van der Waals surface area contributed by atoms with Gasteiger partial charge in [0.25, 0.3) is 0 Å². The van der Waals surface area contributed by atoms with Crippen LogP contribution in [0.2, 0.25) is 5.02 Å². The molecule has 0 bridgehead atoms. The maximum Gasteiger partial charge on any atom is 0.146 e. The molecule has 0 saturated carbocycles. The van der Waals surface area contributed by atoms with Crippen molar-refractivity contribution in [2.24, 2.45) is 5.73 Å². The number of fused-ring (bicyclic) bond motifs is 1. The van der Waals surface area contributed by atoms with Crippen molar-refractivity contribution >= 4 is 23.4 Å². The van der Waals surface area contributed by atoms with E-state index in [0.717, 1.165) is 5.56 Å². The van der Waals surface area contributed by atoms with E-state index in [9.17, 15) is 4.39 Å². The van der Waals surface area contributed by atoms with E-state index < -0.39 is 0 Å². The van der Waals surface area contributed by atoms with E-state index in [2.05, 4.69) is 6.92 Å². The van der Waals surface area contributed by atoms with Crippen molar-refractivity contribution < 1.29 is 4.39 Å². The van der Waals surface area contributed by atoms with E-state index in [1.807, 2.05) is 6.07 Å². The molecule has 1 heterocycles. The van der Waals surface area contributed by atoms with Crippen molar-refractivity contribution in [2.75, 3.05) is 0 Å². The number of benzene rings is 1. The highest BCUT2D eigenvalue weighted by Gasteiger charge is 2.26. The number of halogens is 2. The smallest absolute Gasteiger partial charge is 0.146 e. The number of hydrogen-bond donors (Lipinski definition) is 1. The Morgan fingerprint density at radius 2 is 2.29 bits per heavy atom. The molecule has 2 N–H and O–H groups in total. The van der Waals surface area contributed by atoms with Gasteiger partial charge in [0.1, 0.15) is 5.82 Å². The van der Waals surface area contributed by atoms with Gasteiger partial charge in [0.05, 0.1) is 5.02 Å². The van der Waals surface area contributed by atoms with Gasteiger partial charge in [0.15, 0.2) is 0 Å². The number of nitrogens with two attached hydrogens (primary N) is 1. The van der Waals surface area contributed by atoms with E-state index in [-0.39, 0.29) is 16.9 Å². The fourth-order valence-corrected chi connectivity index (χ4v) is 2.89. The molecule has 0 amide bonds. The van der Waals surface area contributed by atoms with Crippen LogP contribution in [-0.2, 0) is 5.75 Å². The van der Waals surface area contributed by atoms with Gasteiger partial charge in [-0.05, 0) is 11.6 Å². The molecule has 1 aromatic rings. The summed E-state index contributed by atoms with van der Waals surface area (Å²) in [4.78, 5) is 0. The molecule has 4 heteroatoms. The quantitative estimate of drug-likeness (QED) is 0.743. The van der Waals surface area contributed by atoms with Crippen LogP contribution in [0, 0.1) is 5.82 Å². The lowest BCUT2D eigenvalue weighted by Crippen LogP contribution is -2.26. The zero-order chi connectivity index (χ0) is 10.3. The van der Waals surface area contributed by atoms with Crippen molar-refractivity contribution in [3.8, 4) is 0 Å². The first-order valence-electron chi connectivity index (χ1n) is 4.45. The van der Waals surface area contributed by atoms with Crippen molar-refractivity contribution in [3.63, 3.8) is 0 Å². The molecule has 0 spiro atoms. The van der Waals surface area contributed by atoms with Gasteiger partial charge in [-0.1, -0.05) is 24.6 Å². The molecule has 1 nitrogen and oxygen atoms in total. The summed E-state index contributed by atoms with van der Waals surface area (Å²) in [6.45, 7) is 2.06. The minimum Gasteiger partial charge on any atom is -0.323 e. The average molecular weight is 232 g/mol. The largest absolute Gasteiger partial charge is 0.323 e. The summed E-state index contributed by atoms with van der Waals surface area (Å²) in [5.74, 6) is 0.357. The van der Waals surface area contributed by atoms with E-state index in [1.165, 1.54) is 0 Å². The Bertz CT molecular complexity index is 369. The first-order chi connectivity index (χ1) is 6.61. The lowest BCUT2D eigenvalue weighted by atomic mass is 9.99. The number of rotatable bonds is 0. The molecular formula is C10H11ClFNS. The third kappa shape index (κ3) is 1.53. The van der Waals surface area contributed by atoms with Gasteiger partial charge in [-0.3, -0.25) is 0 Å². The van der Waals surface area contributed by atoms with Crippen LogP contribution in [0.3, 0.4) is 0 Å². The maximum absolute atomic E-state index is 13.6. The molecule has 2 rings (SSSR count). The second-order valence-electron chi connectivity index (χ2n) is 3.47. The van der Waals surface area contributed by atoms with Crippen LogP contribution in [0.1, 0.15) is 24.1 Å². The fraction of sp³-hybridized carbons (Fsp3) is 0.400. The van der Waals surface area contributed by atoms with Crippen LogP contribution in [0.25, 0.3) is 0 Å². The third-order valence-electron chi connectivity index (χ3n) is 2.59. The molecule has 0 saturated heterocycles. The number of hydrogen-bond acceptors (Lipinski definition) is 2. The summed E-state index contributed by atoms with van der Waals surface area (Å²) >= 11 is 7.37. The van der Waals surface area contributed by atoms with Crippen molar-refractivity contribution in [2.45, 2.75) is 24.0 Å². The Labute approximate surface area is 91.8 Å². The molecule has 76 valence electrons. The van der Waals surface area contributed by atoms with Gasteiger partial charge in [0, 0.05) is 22.6 Å². The van der Waals surface area contributed by atoms with E-state index in [0.29, 0.717) is 16.6 Å². The normalized spacial score (nSPS) is 26.0. The second-order valence-corrected chi connectivity index (χ2v) is 5.24. The van der Waals surface area contributed by atoms with Crippen molar-refractivity contribution in [1.29, 1.82) is 0 Å². The lowest BCUT2D eigenvalue weighted by molar-refractivity contribution is 0.600. The van der Waals surface area contributed by atoms with Gasteiger partial charge in [-0.15, -0.1) is 0 Å². The lowest BCUT2D eigenvalue weighted by Gasteiger charge is -2.28. The van der Waals surface area contributed by atoms with Crippen LogP contribution in [0.5, 0.6) is 0 Å². The van der Waals surface area contributed by atoms with Gasteiger partial charge in [-0.2, -0.15) is 11.8 Å². The monoisotopic (exact) mass is 231 g/mol. The first-order valence-corrected chi connectivity index (χ1v) is 5.88. The standard InChI is InChI=1S/C10H11ClFNS/c1-5-10(13)6-2-3-8(11)9(12)7(6)4-14-5/h2-3,5,10H,4,13H2,1H3. The first kappa shape index (κ1) is 10.3. The predicted molar refractivity (Wildman–Crippen MR) is 59.1 cm³/mol. The minimum absolute atomic E-state index is 0.0875. The Kier molecular flexibility index (Phi) is 2.73. The van der Waals surface area contributed by atoms with Crippen molar-refractivity contribution in [1.82, 2.24) is 0 Å². The van der Waals surface area contributed by atoms with Crippen LogP contribution in [0.15, 0.2) is 12.1 Å². The van der Waals surface area contributed by atoms with Crippen LogP contribution >= 0.6 is 23.4 Å². The molecule has 0 aliphatic carbocycles. The molecule has 0 fully saturated rings. The predicted octanol–water partition coefficient (Wildman–Crippen LogP) is 3.11. The molecule has 1 aliphatic rings. The molecule has 1 aliphatic heterocycles. The van der Waals surface area contributed by atoms with E-state index in [1.54, 1.807) is 17.8 Å². The summed E-state index contributed by atoms with van der Waals surface area (Å²) in [6.07, 6.45) is 0. The zero-order valence-electron chi connectivity index (χ0n) is 7.76. The summed E-state index contributed by atoms with van der Waals surface area (Å²) in [7, 11) is 0. The average Bonchev–Trinajstić information content (AvgIpc) is 2.17. The van der Waals surface area contributed by atoms with Crippen LogP contribution in [0.4, 0.5) is 4.39 Å². The van der Waals surface area contributed by atoms with Gasteiger partial charge < -0.3 is 5.73 Å². The second kappa shape index (κ2) is 3.72. The van der Waals surface area contributed by atoms with Gasteiger partial charge >= 0.3 is 0 Å². The molecule has 1 aromatic carbocycles. The molecule has 14 heavy (non-hydrogen) atoms. The Morgan fingerprint density at radius 1 is 1.57 bits per heavy atom. The zero-order valence-corrected chi connectivity index (χ0v) is 9.33. The SMILES string of the molecule is CC1SCc2c(ccc(Cl)c2F)C1N. The fourth-order valence-electron chi connectivity index (χ4n) is 1.64. The molecule has 0 aromatic heterocycles. The minimum atomic E-state index is -0.306. The summed E-state index contributed by atoms with van der Waals surface area (Å²) in [5, 5.41) is 0.522. The van der Waals surface area contributed by atoms with Crippen molar-refractivity contribution in [3.05, 3.63) is 34.1 Å². The van der Waals surface area contributed by atoms with Crippen LogP contribution < -0.4 is 5.73 Å². The summed E-state index contributed by atoms with van der Waals surface area (Å²) < 4.78 is 13.6. The van der Waals surface area contributed by atoms with E-state index in [4.69, 9.17) is 17.3 Å². The molecule has 2 atom stereocenters. The molecule has 2 unspecified atom stereocenters. The Hall–Kier alpha value is -0.250. The topological polar surface area (TPSA) is 26.0 Å². The highest BCUT2D eigenvalue weighted by Crippen LogP contribution is 2.38.